The minimum absolute atomic E-state index is 0.164. The maximum absolute atomic E-state index is 12.4. The lowest BCUT2D eigenvalue weighted by Gasteiger charge is -2.17. The van der Waals surface area contributed by atoms with Gasteiger partial charge in [-0.05, 0) is 48.8 Å². The normalized spacial score (nSPS) is 11.9. The molecule has 0 heterocycles. The first-order valence-electron chi connectivity index (χ1n) is 9.15. The van der Waals surface area contributed by atoms with Crippen LogP contribution in [0.2, 0.25) is 0 Å². The van der Waals surface area contributed by atoms with E-state index >= 15 is 0 Å². The van der Waals surface area contributed by atoms with Crippen LogP contribution in [0, 0.1) is 0 Å². The van der Waals surface area contributed by atoms with Gasteiger partial charge >= 0.3 is 5.97 Å². The molecule has 2 amide bonds. The summed E-state index contributed by atoms with van der Waals surface area (Å²) in [6.45, 7) is -0.602. The number of ether oxygens (including phenoxy) is 1. The van der Waals surface area contributed by atoms with Gasteiger partial charge in [0, 0.05) is 11.3 Å². The van der Waals surface area contributed by atoms with E-state index in [1.165, 1.54) is 36.0 Å². The Labute approximate surface area is 184 Å². The number of amides is 2. The number of carbonyl (C=O) groups excluding carboxylic acids is 3. The molecule has 0 fully saturated rings. The minimum atomic E-state index is -3.92. The average molecular weight is 466 g/mol. The summed E-state index contributed by atoms with van der Waals surface area (Å²) >= 11 is 1.50. The number of esters is 1. The summed E-state index contributed by atoms with van der Waals surface area (Å²) in [6.07, 6.45) is 2.20. The van der Waals surface area contributed by atoms with Gasteiger partial charge in [0.2, 0.25) is 10.0 Å². The van der Waals surface area contributed by atoms with Crippen molar-refractivity contribution in [1.82, 2.24) is 5.32 Å². The van der Waals surface area contributed by atoms with E-state index in [9.17, 15) is 22.8 Å². The number of nitrogens with one attached hydrogen (secondary N) is 2. The molecule has 0 saturated heterocycles. The highest BCUT2D eigenvalue weighted by molar-refractivity contribution is 7.98. The molecule has 0 radical (unpaired) electrons. The SMILES string of the molecule is CSCC[C@H](NC(=O)c1ccccc1)C(=O)OCC(=O)Nc1cccc(S(N)(=O)=O)c1. The molecule has 0 spiro atoms. The first-order chi connectivity index (χ1) is 14.7. The fraction of sp³-hybridized carbons (Fsp3) is 0.250. The van der Waals surface area contributed by atoms with Gasteiger partial charge in [-0.1, -0.05) is 24.3 Å². The van der Waals surface area contributed by atoms with E-state index in [1.807, 2.05) is 6.26 Å². The van der Waals surface area contributed by atoms with E-state index in [2.05, 4.69) is 10.6 Å². The number of hydrogen-bond acceptors (Lipinski definition) is 7. The van der Waals surface area contributed by atoms with Crippen LogP contribution in [-0.4, -0.2) is 50.9 Å². The summed E-state index contributed by atoms with van der Waals surface area (Å²) in [6, 6.07) is 12.9. The largest absolute Gasteiger partial charge is 0.454 e. The molecule has 2 aromatic rings. The molecule has 0 aliphatic rings. The smallest absolute Gasteiger partial charge is 0.329 e. The van der Waals surface area contributed by atoms with Crippen molar-refractivity contribution < 1.29 is 27.5 Å². The number of carbonyl (C=O) groups is 3. The standard InChI is InChI=1S/C20H23N3O6S2/c1-30-11-10-17(23-19(25)14-6-3-2-4-7-14)20(26)29-13-18(24)22-15-8-5-9-16(12-15)31(21,27)28/h2-9,12,17H,10-11,13H2,1H3,(H,22,24)(H,23,25)(H2,21,27,28)/t17-/m0/s1. The lowest BCUT2D eigenvalue weighted by atomic mass is 10.1. The van der Waals surface area contributed by atoms with Gasteiger partial charge in [0.25, 0.3) is 11.8 Å². The molecule has 0 aromatic heterocycles. The third-order valence-electron chi connectivity index (χ3n) is 4.03. The second-order valence-corrected chi connectivity index (χ2v) is 8.95. The summed E-state index contributed by atoms with van der Waals surface area (Å²) in [5, 5.41) is 10.1. The highest BCUT2D eigenvalue weighted by atomic mass is 32.2. The van der Waals surface area contributed by atoms with Crippen LogP contribution in [0.3, 0.4) is 0 Å². The first-order valence-corrected chi connectivity index (χ1v) is 12.1. The number of anilines is 1. The number of rotatable bonds is 10. The molecule has 2 rings (SSSR count). The monoisotopic (exact) mass is 465 g/mol. The van der Waals surface area contributed by atoms with Crippen LogP contribution >= 0.6 is 11.8 Å². The molecule has 1 atom stereocenters. The number of sulfonamides is 1. The van der Waals surface area contributed by atoms with Crippen LogP contribution in [0.25, 0.3) is 0 Å². The number of primary sulfonamides is 1. The Kier molecular flexibility index (Phi) is 9.03. The van der Waals surface area contributed by atoms with Crippen LogP contribution in [0.1, 0.15) is 16.8 Å². The number of hydrogen-bond donors (Lipinski definition) is 3. The van der Waals surface area contributed by atoms with Crippen molar-refractivity contribution in [3.05, 3.63) is 60.2 Å². The van der Waals surface area contributed by atoms with Gasteiger partial charge in [0.1, 0.15) is 6.04 Å². The topological polar surface area (TPSA) is 145 Å². The van der Waals surface area contributed by atoms with Crippen molar-refractivity contribution in [2.45, 2.75) is 17.4 Å². The van der Waals surface area contributed by atoms with E-state index in [-0.39, 0.29) is 10.6 Å². The predicted molar refractivity (Wildman–Crippen MR) is 118 cm³/mol. The fourth-order valence-corrected chi connectivity index (χ4v) is 3.53. The maximum atomic E-state index is 12.4. The first kappa shape index (κ1) is 24.4. The number of nitrogens with two attached hydrogens (primary N) is 1. The van der Waals surface area contributed by atoms with Crippen LogP contribution < -0.4 is 15.8 Å². The van der Waals surface area contributed by atoms with Gasteiger partial charge in [0.15, 0.2) is 6.61 Å². The maximum Gasteiger partial charge on any atom is 0.329 e. The third-order valence-corrected chi connectivity index (χ3v) is 5.58. The zero-order valence-corrected chi connectivity index (χ0v) is 18.4. The summed E-state index contributed by atoms with van der Waals surface area (Å²) in [7, 11) is -3.92. The quantitative estimate of drug-likeness (QED) is 0.449. The molecule has 0 aliphatic heterocycles. The molecule has 9 nitrogen and oxygen atoms in total. The Hall–Kier alpha value is -2.89. The van der Waals surface area contributed by atoms with E-state index in [0.29, 0.717) is 17.7 Å². The van der Waals surface area contributed by atoms with E-state index < -0.39 is 40.5 Å². The van der Waals surface area contributed by atoms with Gasteiger partial charge < -0.3 is 15.4 Å². The Morgan fingerprint density at radius 2 is 1.81 bits per heavy atom. The lowest BCUT2D eigenvalue weighted by molar-refractivity contribution is -0.149. The molecule has 0 saturated carbocycles. The molecular weight excluding hydrogens is 442 g/mol. The van der Waals surface area contributed by atoms with Crippen molar-refractivity contribution in [3.63, 3.8) is 0 Å². The van der Waals surface area contributed by atoms with Gasteiger partial charge in [-0.15, -0.1) is 0 Å². The molecule has 31 heavy (non-hydrogen) atoms. The highest BCUT2D eigenvalue weighted by Gasteiger charge is 2.23. The van der Waals surface area contributed by atoms with Gasteiger partial charge in [-0.2, -0.15) is 11.8 Å². The summed E-state index contributed by atoms with van der Waals surface area (Å²) < 4.78 is 27.8. The Morgan fingerprint density at radius 1 is 1.10 bits per heavy atom. The zero-order chi connectivity index (χ0) is 22.9. The van der Waals surface area contributed by atoms with Crippen molar-refractivity contribution in [2.24, 2.45) is 5.14 Å². The van der Waals surface area contributed by atoms with E-state index in [1.54, 1.807) is 30.3 Å². The summed E-state index contributed by atoms with van der Waals surface area (Å²) in [5.74, 6) is -1.24. The van der Waals surface area contributed by atoms with Crippen molar-refractivity contribution >= 4 is 45.3 Å². The minimum Gasteiger partial charge on any atom is -0.454 e. The van der Waals surface area contributed by atoms with Gasteiger partial charge in [0.05, 0.1) is 4.90 Å². The average Bonchev–Trinajstić information content (AvgIpc) is 2.75. The lowest BCUT2D eigenvalue weighted by Crippen LogP contribution is -2.43. The second kappa shape index (κ2) is 11.5. The summed E-state index contributed by atoms with van der Waals surface area (Å²) in [4.78, 5) is 36.7. The van der Waals surface area contributed by atoms with Crippen LogP contribution in [0.4, 0.5) is 5.69 Å². The number of benzene rings is 2. The zero-order valence-electron chi connectivity index (χ0n) is 16.7. The Morgan fingerprint density at radius 3 is 2.45 bits per heavy atom. The Bertz CT molecular complexity index is 1030. The predicted octanol–water partition coefficient (Wildman–Crippen LogP) is 1.37. The third kappa shape index (κ3) is 8.04. The highest BCUT2D eigenvalue weighted by Crippen LogP contribution is 2.14. The van der Waals surface area contributed by atoms with Crippen LogP contribution in [0.15, 0.2) is 59.5 Å². The van der Waals surface area contributed by atoms with Crippen LogP contribution in [0.5, 0.6) is 0 Å². The van der Waals surface area contributed by atoms with Gasteiger partial charge in [-0.3, -0.25) is 9.59 Å². The molecule has 0 unspecified atom stereocenters. The van der Waals surface area contributed by atoms with Crippen molar-refractivity contribution in [1.29, 1.82) is 0 Å². The fourth-order valence-electron chi connectivity index (χ4n) is 2.50. The Balaban J connectivity index is 1.95. The van der Waals surface area contributed by atoms with E-state index in [4.69, 9.17) is 9.88 Å². The van der Waals surface area contributed by atoms with E-state index in [0.717, 1.165) is 0 Å². The second-order valence-electron chi connectivity index (χ2n) is 6.40. The van der Waals surface area contributed by atoms with Crippen LogP contribution in [-0.2, 0) is 24.3 Å². The molecule has 11 heteroatoms. The molecule has 0 aliphatic carbocycles. The van der Waals surface area contributed by atoms with Gasteiger partial charge in [-0.25, -0.2) is 18.4 Å². The van der Waals surface area contributed by atoms with Crippen molar-refractivity contribution in [3.8, 4) is 0 Å². The van der Waals surface area contributed by atoms with Crippen molar-refractivity contribution in [2.75, 3.05) is 23.9 Å². The molecule has 2 aromatic carbocycles. The molecule has 0 bridgehead atoms. The molecular formula is C20H23N3O6S2. The molecule has 4 N–H and O–H groups in total. The summed E-state index contributed by atoms with van der Waals surface area (Å²) in [5.41, 5.74) is 0.584. The molecule has 166 valence electrons. The number of thioether (sulfide) groups is 1.